The lowest BCUT2D eigenvalue weighted by molar-refractivity contribution is 0.481. The predicted molar refractivity (Wildman–Crippen MR) is 177 cm³/mol. The van der Waals surface area contributed by atoms with E-state index < -0.39 is 20.2 Å². The molecule has 0 heterocycles. The van der Waals surface area contributed by atoms with Crippen LogP contribution in [0.25, 0.3) is 44.5 Å². The Kier molecular flexibility index (Phi) is 8.22. The van der Waals surface area contributed by atoms with Crippen molar-refractivity contribution in [3.63, 3.8) is 0 Å². The molecule has 0 saturated carbocycles. The first-order valence-electron chi connectivity index (χ1n) is 14.1. The Morgan fingerprint density at radius 3 is 0.911 bits per heavy atom. The first-order chi connectivity index (χ1) is 21.6. The summed E-state index contributed by atoms with van der Waals surface area (Å²) in [5.74, 6) is 0. The van der Waals surface area contributed by atoms with Crippen molar-refractivity contribution in [2.24, 2.45) is 0 Å². The first-order valence-corrected chi connectivity index (χ1v) is 17.0. The van der Waals surface area contributed by atoms with E-state index in [1.54, 1.807) is 36.4 Å². The van der Waals surface area contributed by atoms with E-state index in [4.69, 9.17) is 0 Å². The van der Waals surface area contributed by atoms with Gasteiger partial charge in [-0.1, -0.05) is 133 Å². The highest BCUT2D eigenvalue weighted by atomic mass is 32.2. The van der Waals surface area contributed by atoms with Gasteiger partial charge in [0.2, 0.25) is 0 Å². The molecule has 6 aromatic carbocycles. The van der Waals surface area contributed by atoms with Gasteiger partial charge < -0.3 is 0 Å². The molecule has 0 amide bonds. The highest BCUT2D eigenvalue weighted by Gasteiger charge is 2.21. The second kappa shape index (κ2) is 12.3. The molecular formula is C37H28O6S2. The minimum absolute atomic E-state index is 0.165. The molecular weight excluding hydrogens is 605 g/mol. The van der Waals surface area contributed by atoms with Crippen LogP contribution in [0.3, 0.4) is 0 Å². The fraction of sp³-hybridized carbons (Fsp3) is 0.0270. The van der Waals surface area contributed by atoms with Crippen LogP contribution in [-0.4, -0.2) is 25.9 Å². The molecule has 6 aromatic rings. The van der Waals surface area contributed by atoms with Crippen LogP contribution in [0, 0.1) is 0 Å². The van der Waals surface area contributed by atoms with Crippen molar-refractivity contribution in [1.29, 1.82) is 0 Å². The van der Waals surface area contributed by atoms with Gasteiger partial charge in [-0.15, -0.1) is 0 Å². The van der Waals surface area contributed by atoms with Gasteiger partial charge in [0.1, 0.15) is 9.79 Å². The van der Waals surface area contributed by atoms with E-state index in [-0.39, 0.29) is 9.79 Å². The maximum Gasteiger partial charge on any atom is 0.295 e. The Morgan fingerprint density at radius 2 is 0.578 bits per heavy atom. The second-order valence-corrected chi connectivity index (χ2v) is 13.3. The Labute approximate surface area is 262 Å². The van der Waals surface area contributed by atoms with Gasteiger partial charge in [0.15, 0.2) is 0 Å². The van der Waals surface area contributed by atoms with E-state index in [0.29, 0.717) is 28.7 Å². The summed E-state index contributed by atoms with van der Waals surface area (Å²) < 4.78 is 69.0. The first kappa shape index (κ1) is 30.2. The maximum absolute atomic E-state index is 12.3. The average Bonchev–Trinajstić information content (AvgIpc) is 3.04. The monoisotopic (exact) mass is 632 g/mol. The lowest BCUT2D eigenvalue weighted by Gasteiger charge is -2.18. The molecule has 6 nitrogen and oxygen atoms in total. The van der Waals surface area contributed by atoms with Crippen molar-refractivity contribution < 1.29 is 25.9 Å². The Morgan fingerprint density at radius 1 is 0.333 bits per heavy atom. The van der Waals surface area contributed by atoms with Gasteiger partial charge in [-0.2, -0.15) is 16.8 Å². The molecule has 0 fully saturated rings. The number of hydrogen-bond acceptors (Lipinski definition) is 4. The number of hydrogen-bond donors (Lipinski definition) is 2. The number of benzene rings is 6. The van der Waals surface area contributed by atoms with E-state index >= 15 is 0 Å². The summed E-state index contributed by atoms with van der Waals surface area (Å²) in [6.07, 6.45) is 0.509. The van der Waals surface area contributed by atoms with Gasteiger partial charge in [0.25, 0.3) is 20.2 Å². The summed E-state index contributed by atoms with van der Waals surface area (Å²) in [5, 5.41) is 0. The molecule has 0 aliphatic heterocycles. The highest BCUT2D eigenvalue weighted by Crippen LogP contribution is 2.40. The molecule has 8 heteroatoms. The molecule has 224 valence electrons. The summed E-state index contributed by atoms with van der Waals surface area (Å²) in [5.41, 5.74) is 7.52. The Bertz CT molecular complexity index is 2100. The normalized spacial score (nSPS) is 11.8. The average molecular weight is 633 g/mol. The van der Waals surface area contributed by atoms with E-state index in [9.17, 15) is 25.9 Å². The zero-order valence-electron chi connectivity index (χ0n) is 23.9. The zero-order valence-corrected chi connectivity index (χ0v) is 25.5. The number of rotatable bonds is 8. The van der Waals surface area contributed by atoms with Crippen molar-refractivity contribution in [3.05, 3.63) is 157 Å². The summed E-state index contributed by atoms with van der Waals surface area (Å²) in [6.45, 7) is 0. The summed E-state index contributed by atoms with van der Waals surface area (Å²) in [4.78, 5) is -0.330. The van der Waals surface area contributed by atoms with Crippen molar-refractivity contribution in [2.45, 2.75) is 16.2 Å². The molecule has 6 rings (SSSR count). The van der Waals surface area contributed by atoms with Gasteiger partial charge >= 0.3 is 0 Å². The van der Waals surface area contributed by atoms with E-state index in [2.05, 4.69) is 0 Å². The molecule has 0 bridgehead atoms. The molecule has 0 spiro atoms. The quantitative estimate of drug-likeness (QED) is 0.163. The standard InChI is InChI=1S/C37H28O6S2/c38-44(39,40)36-23-11-9-21-34(36)32-19-7-5-17-30(32)28-15-3-1-13-26(28)25-27-14-2-4-16-29(27)31-18-6-8-20-33(31)35-22-10-12-24-37(35)45(41,42)43/h1-24H,25H2,(H,38,39,40)(H,41,42,43). The lowest BCUT2D eigenvalue weighted by atomic mass is 9.86. The third kappa shape index (κ3) is 6.22. The van der Waals surface area contributed by atoms with Crippen LogP contribution in [0.15, 0.2) is 155 Å². The summed E-state index contributed by atoms with van der Waals surface area (Å²) in [6, 6.07) is 43.5. The minimum Gasteiger partial charge on any atom is -0.282 e. The van der Waals surface area contributed by atoms with Crippen molar-refractivity contribution in [3.8, 4) is 44.5 Å². The third-order valence-corrected chi connectivity index (χ3v) is 9.58. The molecule has 0 aliphatic carbocycles. The van der Waals surface area contributed by atoms with Crippen LogP contribution < -0.4 is 0 Å². The van der Waals surface area contributed by atoms with Crippen LogP contribution >= 0.6 is 0 Å². The van der Waals surface area contributed by atoms with Crippen LogP contribution in [0.1, 0.15) is 11.1 Å². The smallest absolute Gasteiger partial charge is 0.282 e. The molecule has 0 unspecified atom stereocenters. The van der Waals surface area contributed by atoms with Crippen LogP contribution in [-0.2, 0) is 26.7 Å². The molecule has 0 atom stereocenters. The lowest BCUT2D eigenvalue weighted by Crippen LogP contribution is -2.02. The van der Waals surface area contributed by atoms with Crippen LogP contribution in [0.4, 0.5) is 0 Å². The maximum atomic E-state index is 12.3. The van der Waals surface area contributed by atoms with Gasteiger partial charge in [-0.3, -0.25) is 9.11 Å². The molecule has 2 N–H and O–H groups in total. The Hall–Kier alpha value is -4.86. The van der Waals surface area contributed by atoms with Gasteiger partial charge in [0, 0.05) is 11.1 Å². The Balaban J connectivity index is 1.49. The van der Waals surface area contributed by atoms with Crippen LogP contribution in [0.2, 0.25) is 0 Å². The van der Waals surface area contributed by atoms with Gasteiger partial charge in [-0.25, -0.2) is 0 Å². The van der Waals surface area contributed by atoms with Crippen molar-refractivity contribution >= 4 is 20.2 Å². The largest absolute Gasteiger partial charge is 0.295 e. The molecule has 0 aliphatic rings. The third-order valence-electron chi connectivity index (χ3n) is 7.76. The molecule has 45 heavy (non-hydrogen) atoms. The second-order valence-electron chi connectivity index (χ2n) is 10.5. The summed E-state index contributed by atoms with van der Waals surface area (Å²) >= 11 is 0. The zero-order chi connectivity index (χ0) is 31.6. The van der Waals surface area contributed by atoms with Gasteiger partial charge in [0.05, 0.1) is 0 Å². The fourth-order valence-electron chi connectivity index (χ4n) is 5.81. The summed E-state index contributed by atoms with van der Waals surface area (Å²) in [7, 11) is -8.94. The molecule has 0 radical (unpaired) electrons. The topological polar surface area (TPSA) is 109 Å². The van der Waals surface area contributed by atoms with Gasteiger partial charge in [-0.05, 0) is 63.1 Å². The van der Waals surface area contributed by atoms with Crippen molar-refractivity contribution in [2.75, 3.05) is 0 Å². The van der Waals surface area contributed by atoms with E-state index in [0.717, 1.165) is 33.4 Å². The fourth-order valence-corrected chi connectivity index (χ4v) is 7.23. The predicted octanol–water partition coefficient (Wildman–Crippen LogP) is 8.44. The SMILES string of the molecule is O=S(=O)(O)c1ccccc1-c1ccccc1-c1ccccc1Cc1ccccc1-c1ccccc1-c1ccccc1S(=O)(=O)O. The minimum atomic E-state index is -4.47. The highest BCUT2D eigenvalue weighted by molar-refractivity contribution is 7.86. The van der Waals surface area contributed by atoms with Crippen molar-refractivity contribution in [1.82, 2.24) is 0 Å². The molecule has 0 aromatic heterocycles. The van der Waals surface area contributed by atoms with E-state index in [1.165, 1.54) is 12.1 Å². The van der Waals surface area contributed by atoms with E-state index in [1.807, 2.05) is 97.1 Å². The molecule has 0 saturated heterocycles. The van der Waals surface area contributed by atoms with Crippen LogP contribution in [0.5, 0.6) is 0 Å².